The van der Waals surface area contributed by atoms with Gasteiger partial charge in [0.15, 0.2) is 0 Å². The van der Waals surface area contributed by atoms with Crippen molar-refractivity contribution in [1.82, 2.24) is 5.32 Å². The molecule has 1 saturated heterocycles. The maximum atomic E-state index is 11.8. The molecule has 4 heteroatoms. The maximum absolute atomic E-state index is 11.8. The average Bonchev–Trinajstić information content (AvgIpc) is 2.44. The molecule has 1 aromatic rings. The molecule has 1 fully saturated rings. The lowest BCUT2D eigenvalue weighted by atomic mass is 10.0. The molecule has 4 nitrogen and oxygen atoms in total. The van der Waals surface area contributed by atoms with Crippen molar-refractivity contribution in [2.45, 2.75) is 25.4 Å². The summed E-state index contributed by atoms with van der Waals surface area (Å²) in [4.78, 5) is 14.2. The monoisotopic (exact) mass is 231 g/mol. The van der Waals surface area contributed by atoms with Gasteiger partial charge in [-0.15, -0.1) is 0 Å². The molecule has 0 saturated carbocycles. The number of rotatable bonds is 0. The van der Waals surface area contributed by atoms with E-state index < -0.39 is 0 Å². The number of hydrogen-bond acceptors (Lipinski definition) is 3. The van der Waals surface area contributed by atoms with Crippen LogP contribution < -0.4 is 15.5 Å². The van der Waals surface area contributed by atoms with Crippen LogP contribution in [0.2, 0.25) is 0 Å². The van der Waals surface area contributed by atoms with Crippen molar-refractivity contribution in [2.24, 2.45) is 0 Å². The molecule has 0 radical (unpaired) electrons. The van der Waals surface area contributed by atoms with Crippen LogP contribution in [0.5, 0.6) is 0 Å². The van der Waals surface area contributed by atoms with Crippen LogP contribution in [-0.4, -0.2) is 31.1 Å². The third-order valence-electron chi connectivity index (χ3n) is 3.57. The van der Waals surface area contributed by atoms with Crippen molar-refractivity contribution in [3.63, 3.8) is 0 Å². The van der Waals surface area contributed by atoms with Gasteiger partial charge in [0.1, 0.15) is 0 Å². The number of benzene rings is 1. The van der Waals surface area contributed by atoms with Crippen molar-refractivity contribution in [1.29, 1.82) is 0 Å². The Hall–Kier alpha value is -1.55. The summed E-state index contributed by atoms with van der Waals surface area (Å²) >= 11 is 0. The van der Waals surface area contributed by atoms with Gasteiger partial charge in [0.25, 0.3) is 0 Å². The first-order chi connectivity index (χ1) is 8.25. The fraction of sp³-hybridized carbons (Fsp3) is 0.462. The van der Waals surface area contributed by atoms with Gasteiger partial charge in [-0.1, -0.05) is 12.1 Å². The highest BCUT2D eigenvalue weighted by Crippen LogP contribution is 2.33. The number of anilines is 2. The van der Waals surface area contributed by atoms with E-state index in [0.717, 1.165) is 24.5 Å². The van der Waals surface area contributed by atoms with E-state index in [0.29, 0.717) is 12.5 Å². The van der Waals surface area contributed by atoms with Crippen LogP contribution in [0.4, 0.5) is 11.4 Å². The second-order valence-corrected chi connectivity index (χ2v) is 4.84. The number of piperazine rings is 1. The number of carbonyl (C=O) groups is 1. The fourth-order valence-electron chi connectivity index (χ4n) is 2.84. The van der Waals surface area contributed by atoms with E-state index in [1.807, 2.05) is 18.2 Å². The van der Waals surface area contributed by atoms with Crippen molar-refractivity contribution >= 4 is 17.3 Å². The van der Waals surface area contributed by atoms with Gasteiger partial charge in [0.05, 0.1) is 17.4 Å². The Bertz CT molecular complexity index is 446. The predicted molar refractivity (Wildman–Crippen MR) is 68.3 cm³/mol. The number of hydrogen-bond donors (Lipinski definition) is 2. The van der Waals surface area contributed by atoms with E-state index in [1.54, 1.807) is 0 Å². The fourth-order valence-corrected chi connectivity index (χ4v) is 2.84. The molecule has 90 valence electrons. The van der Waals surface area contributed by atoms with Crippen LogP contribution in [0.1, 0.15) is 13.3 Å². The highest BCUT2D eigenvalue weighted by atomic mass is 16.1. The molecule has 0 aromatic heterocycles. The summed E-state index contributed by atoms with van der Waals surface area (Å²) in [7, 11) is 0. The van der Waals surface area contributed by atoms with Gasteiger partial charge < -0.3 is 15.5 Å². The molecule has 1 amide bonds. The summed E-state index contributed by atoms with van der Waals surface area (Å²) in [6, 6.07) is 8.75. The van der Waals surface area contributed by atoms with E-state index in [-0.39, 0.29) is 11.9 Å². The van der Waals surface area contributed by atoms with Crippen LogP contribution in [0.3, 0.4) is 0 Å². The van der Waals surface area contributed by atoms with Gasteiger partial charge in [0, 0.05) is 25.6 Å². The minimum Gasteiger partial charge on any atom is -0.361 e. The molecular weight excluding hydrogens is 214 g/mol. The van der Waals surface area contributed by atoms with E-state index in [2.05, 4.69) is 28.5 Å². The van der Waals surface area contributed by atoms with Crippen molar-refractivity contribution < 1.29 is 4.79 Å². The van der Waals surface area contributed by atoms with Gasteiger partial charge >= 0.3 is 0 Å². The molecule has 17 heavy (non-hydrogen) atoms. The Morgan fingerprint density at radius 1 is 1.29 bits per heavy atom. The first-order valence-corrected chi connectivity index (χ1v) is 6.13. The molecule has 0 aliphatic carbocycles. The lowest BCUT2D eigenvalue weighted by Gasteiger charge is -2.41. The van der Waals surface area contributed by atoms with Gasteiger partial charge in [-0.2, -0.15) is 0 Å². The lowest BCUT2D eigenvalue weighted by molar-refractivity contribution is -0.116. The summed E-state index contributed by atoms with van der Waals surface area (Å²) in [5, 5.41) is 6.38. The van der Waals surface area contributed by atoms with Gasteiger partial charge in [0.2, 0.25) is 5.91 Å². The third kappa shape index (κ3) is 1.78. The third-order valence-corrected chi connectivity index (χ3v) is 3.57. The van der Waals surface area contributed by atoms with Crippen LogP contribution in [-0.2, 0) is 4.79 Å². The maximum Gasteiger partial charge on any atom is 0.226 e. The SMILES string of the molecule is CC1CNCC2CC(=O)Nc3ccccc3N12. The number of para-hydroxylation sites is 2. The van der Waals surface area contributed by atoms with Gasteiger partial charge in [-0.3, -0.25) is 4.79 Å². The molecule has 1 aromatic carbocycles. The average molecular weight is 231 g/mol. The number of fused-ring (bicyclic) bond motifs is 3. The van der Waals surface area contributed by atoms with Crippen LogP contribution >= 0.6 is 0 Å². The molecular formula is C13H17N3O. The zero-order valence-electron chi connectivity index (χ0n) is 9.94. The molecule has 0 bridgehead atoms. The molecule has 2 unspecified atom stereocenters. The molecule has 3 rings (SSSR count). The molecule has 0 spiro atoms. The number of carbonyl (C=O) groups excluding carboxylic acids is 1. The summed E-state index contributed by atoms with van der Waals surface area (Å²) in [5.41, 5.74) is 2.09. The summed E-state index contributed by atoms with van der Waals surface area (Å²) < 4.78 is 0. The zero-order valence-corrected chi connectivity index (χ0v) is 9.94. The van der Waals surface area contributed by atoms with Gasteiger partial charge in [-0.25, -0.2) is 0 Å². The first-order valence-electron chi connectivity index (χ1n) is 6.13. The quantitative estimate of drug-likeness (QED) is 0.705. The largest absolute Gasteiger partial charge is 0.361 e. The Balaban J connectivity index is 2.07. The Kier molecular flexibility index (Phi) is 2.52. The second-order valence-electron chi connectivity index (χ2n) is 4.84. The van der Waals surface area contributed by atoms with Crippen LogP contribution in [0, 0.1) is 0 Å². The highest BCUT2D eigenvalue weighted by molar-refractivity contribution is 5.96. The molecule has 2 aliphatic rings. The number of nitrogens with zero attached hydrogens (tertiary/aromatic N) is 1. The Morgan fingerprint density at radius 2 is 2.12 bits per heavy atom. The second kappa shape index (κ2) is 4.04. The highest BCUT2D eigenvalue weighted by Gasteiger charge is 2.33. The van der Waals surface area contributed by atoms with Gasteiger partial charge in [-0.05, 0) is 19.1 Å². The smallest absolute Gasteiger partial charge is 0.226 e. The van der Waals surface area contributed by atoms with Crippen molar-refractivity contribution in [3.8, 4) is 0 Å². The van der Waals surface area contributed by atoms with E-state index in [9.17, 15) is 4.79 Å². The molecule has 2 atom stereocenters. The van der Waals surface area contributed by atoms with Crippen LogP contribution in [0.25, 0.3) is 0 Å². The molecule has 2 aliphatic heterocycles. The topological polar surface area (TPSA) is 44.4 Å². The normalized spacial score (nSPS) is 27.8. The van der Waals surface area contributed by atoms with E-state index in [4.69, 9.17) is 0 Å². The van der Waals surface area contributed by atoms with Crippen molar-refractivity contribution in [2.75, 3.05) is 23.3 Å². The predicted octanol–water partition coefficient (Wildman–Crippen LogP) is 1.20. The Labute approximate surface area is 101 Å². The number of amides is 1. The lowest BCUT2D eigenvalue weighted by Crippen LogP contribution is -2.56. The zero-order chi connectivity index (χ0) is 11.8. The molecule has 2 heterocycles. The van der Waals surface area contributed by atoms with Crippen LogP contribution in [0.15, 0.2) is 24.3 Å². The first kappa shape index (κ1) is 10.6. The standard InChI is InChI=1S/C13H17N3O/c1-9-7-14-8-10-6-13(17)15-11-4-2-3-5-12(11)16(9)10/h2-5,9-10,14H,6-8H2,1H3,(H,15,17). The summed E-state index contributed by atoms with van der Waals surface area (Å²) in [6.07, 6.45) is 0.562. The van der Waals surface area contributed by atoms with E-state index in [1.165, 1.54) is 0 Å². The van der Waals surface area contributed by atoms with E-state index >= 15 is 0 Å². The molecule has 2 N–H and O–H groups in total. The Morgan fingerprint density at radius 3 is 3.00 bits per heavy atom. The minimum absolute atomic E-state index is 0.112. The summed E-state index contributed by atoms with van der Waals surface area (Å²) in [5.74, 6) is 0.112. The van der Waals surface area contributed by atoms with Crippen molar-refractivity contribution in [3.05, 3.63) is 24.3 Å². The number of nitrogens with one attached hydrogen (secondary N) is 2. The minimum atomic E-state index is 0.112. The summed E-state index contributed by atoms with van der Waals surface area (Å²) in [6.45, 7) is 4.05.